The Hall–Kier alpha value is -4.53. The standard InChI is InChI=1S/C31H49N7O8/c1-4-5-13-22(36-28(43)21(32)12-9-14-35-31(33)34)29(44)37-23(17-26(40)41)25(39)16-20(18(2)3)27(42)38-24(30(45)46)15-19-10-7-6-8-11-19/h6-8,10-11,18,20-24H,4-5,9,12-17,32H2,1-3H3,(H,36,43)(H,37,44)(H,38,42)(H,40,41)(H,45,46)(H4,33,34,35)/t20?,21-,22-,23-,24-/m0/s1. The van der Waals surface area contributed by atoms with Gasteiger partial charge in [0.15, 0.2) is 11.7 Å². The number of guanidine groups is 1. The lowest BCUT2D eigenvalue weighted by Gasteiger charge is -2.26. The van der Waals surface area contributed by atoms with Crippen molar-refractivity contribution in [1.82, 2.24) is 16.0 Å². The van der Waals surface area contributed by atoms with E-state index in [1.165, 1.54) is 0 Å². The summed E-state index contributed by atoms with van der Waals surface area (Å²) in [6.45, 7) is 5.49. The lowest BCUT2D eigenvalue weighted by molar-refractivity contribution is -0.144. The molecule has 0 aliphatic carbocycles. The first kappa shape index (κ1) is 39.5. The lowest BCUT2D eigenvalue weighted by atomic mass is 9.87. The number of nitrogens with two attached hydrogens (primary N) is 3. The fourth-order valence-electron chi connectivity index (χ4n) is 4.62. The summed E-state index contributed by atoms with van der Waals surface area (Å²) in [5, 5.41) is 26.7. The first-order chi connectivity index (χ1) is 21.7. The van der Waals surface area contributed by atoms with Gasteiger partial charge in [0.2, 0.25) is 17.7 Å². The van der Waals surface area contributed by atoms with Gasteiger partial charge in [0.1, 0.15) is 12.1 Å². The van der Waals surface area contributed by atoms with Crippen LogP contribution in [0, 0.1) is 11.8 Å². The maximum Gasteiger partial charge on any atom is 0.326 e. The molecule has 1 rings (SSSR count). The second-order valence-electron chi connectivity index (χ2n) is 11.5. The van der Waals surface area contributed by atoms with Crippen LogP contribution in [0.5, 0.6) is 0 Å². The number of aliphatic imine (C=N–C) groups is 1. The molecule has 15 heteroatoms. The molecular weight excluding hydrogens is 598 g/mol. The highest BCUT2D eigenvalue weighted by molar-refractivity contribution is 5.97. The quantitative estimate of drug-likeness (QED) is 0.0473. The van der Waals surface area contributed by atoms with E-state index in [0.29, 0.717) is 24.8 Å². The number of hydrogen-bond donors (Lipinski definition) is 8. The van der Waals surface area contributed by atoms with Gasteiger partial charge in [-0.2, -0.15) is 0 Å². The number of unbranched alkanes of at least 4 members (excludes halogenated alkanes) is 1. The minimum atomic E-state index is -1.51. The van der Waals surface area contributed by atoms with Gasteiger partial charge in [0.05, 0.1) is 18.5 Å². The van der Waals surface area contributed by atoms with Crippen molar-refractivity contribution in [3.63, 3.8) is 0 Å². The second kappa shape index (κ2) is 20.5. The maximum absolute atomic E-state index is 13.4. The van der Waals surface area contributed by atoms with Crippen LogP contribution in [0.4, 0.5) is 0 Å². The van der Waals surface area contributed by atoms with Crippen LogP contribution in [0.3, 0.4) is 0 Å². The van der Waals surface area contributed by atoms with E-state index < -0.39 is 84.3 Å². The second-order valence-corrected chi connectivity index (χ2v) is 11.5. The van der Waals surface area contributed by atoms with E-state index in [9.17, 15) is 39.0 Å². The van der Waals surface area contributed by atoms with Crippen molar-refractivity contribution in [3.8, 4) is 0 Å². The van der Waals surface area contributed by atoms with E-state index >= 15 is 0 Å². The Balaban J connectivity index is 3.03. The summed E-state index contributed by atoms with van der Waals surface area (Å²) in [7, 11) is 0. The fourth-order valence-corrected chi connectivity index (χ4v) is 4.62. The van der Waals surface area contributed by atoms with Crippen LogP contribution in [0.2, 0.25) is 0 Å². The molecule has 1 unspecified atom stereocenters. The summed E-state index contributed by atoms with van der Waals surface area (Å²) in [6.07, 6.45) is 0.886. The predicted molar refractivity (Wildman–Crippen MR) is 171 cm³/mol. The Morgan fingerprint density at radius 1 is 0.804 bits per heavy atom. The number of carbonyl (C=O) groups is 6. The van der Waals surface area contributed by atoms with Gasteiger partial charge in [-0.05, 0) is 30.7 Å². The van der Waals surface area contributed by atoms with Gasteiger partial charge in [-0.25, -0.2) is 4.79 Å². The zero-order chi connectivity index (χ0) is 34.8. The zero-order valence-corrected chi connectivity index (χ0v) is 26.7. The number of carbonyl (C=O) groups excluding carboxylic acids is 4. The van der Waals surface area contributed by atoms with Crippen LogP contribution in [0.1, 0.15) is 71.3 Å². The van der Waals surface area contributed by atoms with Gasteiger partial charge in [-0.15, -0.1) is 0 Å². The largest absolute Gasteiger partial charge is 0.481 e. The van der Waals surface area contributed by atoms with Crippen LogP contribution in [-0.4, -0.2) is 82.3 Å². The van der Waals surface area contributed by atoms with Crippen LogP contribution in [-0.2, 0) is 35.2 Å². The third-order valence-corrected chi connectivity index (χ3v) is 7.33. The van der Waals surface area contributed by atoms with Gasteiger partial charge in [-0.1, -0.05) is 63.9 Å². The molecule has 0 spiro atoms. The van der Waals surface area contributed by atoms with E-state index in [4.69, 9.17) is 17.2 Å². The number of benzene rings is 1. The summed E-state index contributed by atoms with van der Waals surface area (Å²) >= 11 is 0. The van der Waals surface area contributed by atoms with Crippen molar-refractivity contribution in [2.75, 3.05) is 6.54 Å². The molecule has 0 aliphatic rings. The van der Waals surface area contributed by atoms with Gasteiger partial charge in [0.25, 0.3) is 0 Å². The molecule has 0 saturated carbocycles. The van der Waals surface area contributed by atoms with E-state index in [1.54, 1.807) is 44.2 Å². The van der Waals surface area contributed by atoms with E-state index in [-0.39, 0.29) is 31.8 Å². The molecule has 1 aromatic rings. The fraction of sp³-hybridized carbons (Fsp3) is 0.581. The van der Waals surface area contributed by atoms with E-state index in [1.807, 2.05) is 6.92 Å². The molecule has 5 atom stereocenters. The number of carboxylic acids is 2. The Bertz CT molecular complexity index is 1200. The zero-order valence-electron chi connectivity index (χ0n) is 26.7. The first-order valence-corrected chi connectivity index (χ1v) is 15.4. The number of carboxylic acid groups (broad SMARTS) is 2. The topological polar surface area (TPSA) is 269 Å². The summed E-state index contributed by atoms with van der Waals surface area (Å²) in [6, 6.07) is 3.88. The number of hydrogen-bond acceptors (Lipinski definition) is 8. The third-order valence-electron chi connectivity index (χ3n) is 7.33. The van der Waals surface area contributed by atoms with Crippen LogP contribution >= 0.6 is 0 Å². The highest BCUT2D eigenvalue weighted by Crippen LogP contribution is 2.19. The van der Waals surface area contributed by atoms with Crippen LogP contribution in [0.15, 0.2) is 35.3 Å². The Labute approximate surface area is 269 Å². The average molecular weight is 648 g/mol. The van der Waals surface area contributed by atoms with Crippen molar-refractivity contribution in [2.24, 2.45) is 34.0 Å². The minimum Gasteiger partial charge on any atom is -0.481 e. The van der Waals surface area contributed by atoms with Gasteiger partial charge in [0, 0.05) is 25.3 Å². The molecular formula is C31H49N7O8. The Kier molecular flexibility index (Phi) is 17.6. The van der Waals surface area contributed by atoms with E-state index in [0.717, 1.165) is 0 Å². The van der Waals surface area contributed by atoms with Gasteiger partial charge in [-0.3, -0.25) is 29.0 Å². The van der Waals surface area contributed by atoms with Crippen LogP contribution in [0.25, 0.3) is 0 Å². The summed E-state index contributed by atoms with van der Waals surface area (Å²) in [5.74, 6) is -6.94. The third kappa shape index (κ3) is 15.0. The van der Waals surface area contributed by atoms with Crippen LogP contribution < -0.4 is 33.2 Å². The Morgan fingerprint density at radius 2 is 1.41 bits per heavy atom. The molecule has 0 radical (unpaired) electrons. The molecule has 11 N–H and O–H groups in total. The smallest absolute Gasteiger partial charge is 0.326 e. The molecule has 0 fully saturated rings. The number of rotatable bonds is 22. The van der Waals surface area contributed by atoms with Crippen molar-refractivity contribution < 1.29 is 39.0 Å². The number of nitrogens with one attached hydrogen (secondary N) is 3. The first-order valence-electron chi connectivity index (χ1n) is 15.4. The predicted octanol–water partition coefficient (Wildman–Crippen LogP) is 0.0453. The van der Waals surface area contributed by atoms with Gasteiger partial charge >= 0.3 is 11.9 Å². The molecule has 0 aliphatic heterocycles. The lowest BCUT2D eigenvalue weighted by Crippen LogP contribution is -2.55. The molecule has 15 nitrogen and oxygen atoms in total. The molecule has 0 bridgehead atoms. The van der Waals surface area contributed by atoms with Crippen molar-refractivity contribution in [3.05, 3.63) is 35.9 Å². The number of amides is 3. The Morgan fingerprint density at radius 3 is 1.96 bits per heavy atom. The summed E-state index contributed by atoms with van der Waals surface area (Å²) < 4.78 is 0. The summed E-state index contributed by atoms with van der Waals surface area (Å²) in [5.41, 5.74) is 17.2. The number of Topliss-reactive ketones (excluding diaryl/α,β-unsaturated/α-hetero) is 1. The molecule has 1 aromatic carbocycles. The van der Waals surface area contributed by atoms with Crippen molar-refractivity contribution in [1.29, 1.82) is 0 Å². The highest BCUT2D eigenvalue weighted by atomic mass is 16.4. The van der Waals surface area contributed by atoms with Gasteiger partial charge < -0.3 is 43.4 Å². The van der Waals surface area contributed by atoms with Crippen molar-refractivity contribution >= 4 is 41.4 Å². The highest BCUT2D eigenvalue weighted by Gasteiger charge is 2.34. The average Bonchev–Trinajstić information content (AvgIpc) is 2.98. The minimum absolute atomic E-state index is 0.0170. The molecule has 46 heavy (non-hydrogen) atoms. The number of nitrogens with zero attached hydrogens (tertiary/aromatic N) is 1. The summed E-state index contributed by atoms with van der Waals surface area (Å²) in [4.78, 5) is 80.0. The molecule has 0 saturated heterocycles. The molecule has 256 valence electrons. The maximum atomic E-state index is 13.4. The van der Waals surface area contributed by atoms with E-state index in [2.05, 4.69) is 20.9 Å². The monoisotopic (exact) mass is 647 g/mol. The molecule has 3 amide bonds. The molecule has 0 heterocycles. The molecule has 0 aromatic heterocycles. The SMILES string of the molecule is CCCC[C@H](NC(=O)[C@@H](N)CCCN=C(N)N)C(=O)N[C@@H](CC(=O)O)C(=O)CC(C(=O)N[C@@H](Cc1ccccc1)C(=O)O)C(C)C. The number of aliphatic carboxylic acids is 2. The van der Waals surface area contributed by atoms with Crippen molar-refractivity contribution in [2.45, 2.75) is 96.3 Å². The normalized spacial score (nSPS) is 14.2. The number of ketones is 1.